The fourth-order valence-electron chi connectivity index (χ4n) is 2.25. The molecule has 5 nitrogen and oxygen atoms in total. The predicted octanol–water partition coefficient (Wildman–Crippen LogP) is 2.43. The van der Waals surface area contributed by atoms with Crippen LogP contribution in [0.15, 0.2) is 36.4 Å². The zero-order valence-electron chi connectivity index (χ0n) is 12.8. The number of aryl methyl sites for hydroxylation is 3. The number of carbonyl (C=O) groups excluding carboxylic acids is 2. The molecular weight excluding hydrogens is 280 g/mol. The summed E-state index contributed by atoms with van der Waals surface area (Å²) in [6, 6.07) is 10.5. The Labute approximate surface area is 129 Å². The zero-order chi connectivity index (χ0) is 16.3. The van der Waals surface area contributed by atoms with Crippen LogP contribution in [0.2, 0.25) is 0 Å². The van der Waals surface area contributed by atoms with E-state index in [0.717, 1.165) is 5.56 Å². The zero-order valence-corrected chi connectivity index (χ0v) is 12.8. The molecule has 3 N–H and O–H groups in total. The minimum absolute atomic E-state index is 0.386. The smallest absolute Gasteiger partial charge is 0.343 e. The van der Waals surface area contributed by atoms with Crippen molar-refractivity contribution in [2.75, 3.05) is 0 Å². The van der Waals surface area contributed by atoms with E-state index in [0.29, 0.717) is 28.0 Å². The number of nitrogens with one attached hydrogen (secondary N) is 1. The van der Waals surface area contributed by atoms with Crippen molar-refractivity contribution in [3.63, 3.8) is 0 Å². The quantitative estimate of drug-likeness (QED) is 0.300. The fourth-order valence-corrected chi connectivity index (χ4v) is 2.25. The SMILES string of the molecule is Cc1cccc(C(=O)Oc2c(C)cc(C(=O)NN)cc2C)c1. The van der Waals surface area contributed by atoms with E-state index in [1.807, 2.05) is 13.0 Å². The third-order valence-electron chi connectivity index (χ3n) is 3.30. The molecule has 0 fully saturated rings. The van der Waals surface area contributed by atoms with Gasteiger partial charge in [-0.15, -0.1) is 0 Å². The van der Waals surface area contributed by atoms with Crippen molar-refractivity contribution in [1.29, 1.82) is 0 Å². The first kappa shape index (κ1) is 15.7. The molecule has 0 heterocycles. The minimum atomic E-state index is -0.425. The summed E-state index contributed by atoms with van der Waals surface area (Å²) >= 11 is 0. The molecule has 5 heteroatoms. The van der Waals surface area contributed by atoms with E-state index >= 15 is 0 Å². The van der Waals surface area contributed by atoms with E-state index in [2.05, 4.69) is 5.43 Å². The maximum absolute atomic E-state index is 12.2. The lowest BCUT2D eigenvalue weighted by Gasteiger charge is -2.12. The molecule has 0 aliphatic heterocycles. The van der Waals surface area contributed by atoms with Gasteiger partial charge in [-0.2, -0.15) is 0 Å². The Bertz CT molecular complexity index is 715. The van der Waals surface area contributed by atoms with Gasteiger partial charge in [0.1, 0.15) is 5.75 Å². The number of nitrogen functional groups attached to an aromatic ring is 1. The van der Waals surface area contributed by atoms with Crippen molar-refractivity contribution in [2.24, 2.45) is 5.84 Å². The van der Waals surface area contributed by atoms with Crippen molar-refractivity contribution in [1.82, 2.24) is 5.43 Å². The molecule has 0 radical (unpaired) electrons. The molecule has 0 aliphatic carbocycles. The Kier molecular flexibility index (Phi) is 4.58. The van der Waals surface area contributed by atoms with Gasteiger partial charge in [-0.25, -0.2) is 10.6 Å². The first-order valence-electron chi connectivity index (χ1n) is 6.83. The van der Waals surface area contributed by atoms with E-state index in [1.54, 1.807) is 44.2 Å². The highest BCUT2D eigenvalue weighted by atomic mass is 16.5. The average molecular weight is 298 g/mol. The van der Waals surface area contributed by atoms with Crippen LogP contribution in [0, 0.1) is 20.8 Å². The molecule has 0 atom stereocenters. The molecule has 0 saturated heterocycles. The second-order valence-electron chi connectivity index (χ2n) is 5.17. The largest absolute Gasteiger partial charge is 0.422 e. The molecule has 2 aromatic carbocycles. The molecule has 1 amide bonds. The van der Waals surface area contributed by atoms with Crippen LogP contribution in [0.1, 0.15) is 37.4 Å². The van der Waals surface area contributed by atoms with Crippen LogP contribution in [0.25, 0.3) is 0 Å². The highest BCUT2D eigenvalue weighted by Crippen LogP contribution is 2.26. The van der Waals surface area contributed by atoms with Gasteiger partial charge in [-0.3, -0.25) is 10.2 Å². The van der Waals surface area contributed by atoms with Gasteiger partial charge >= 0.3 is 5.97 Å². The summed E-state index contributed by atoms with van der Waals surface area (Å²) in [6.07, 6.45) is 0. The summed E-state index contributed by atoms with van der Waals surface area (Å²) in [5, 5.41) is 0. The van der Waals surface area contributed by atoms with E-state index < -0.39 is 5.97 Å². The monoisotopic (exact) mass is 298 g/mol. The Morgan fingerprint density at radius 1 is 1.00 bits per heavy atom. The standard InChI is InChI=1S/C17H18N2O3/c1-10-5-4-6-13(7-10)17(21)22-15-11(2)8-14(9-12(15)3)16(20)19-18/h4-9H,18H2,1-3H3,(H,19,20). The van der Waals surface area contributed by atoms with Crippen LogP contribution in [-0.2, 0) is 0 Å². The van der Waals surface area contributed by atoms with E-state index in [4.69, 9.17) is 10.6 Å². The van der Waals surface area contributed by atoms with E-state index in [-0.39, 0.29) is 5.91 Å². The van der Waals surface area contributed by atoms with Crippen LogP contribution in [0.5, 0.6) is 5.75 Å². The van der Waals surface area contributed by atoms with Crippen LogP contribution >= 0.6 is 0 Å². The lowest BCUT2D eigenvalue weighted by atomic mass is 10.1. The predicted molar refractivity (Wildman–Crippen MR) is 83.7 cm³/mol. The van der Waals surface area contributed by atoms with E-state index in [1.165, 1.54) is 0 Å². The minimum Gasteiger partial charge on any atom is -0.422 e. The van der Waals surface area contributed by atoms with Gasteiger partial charge in [-0.05, 0) is 56.2 Å². The van der Waals surface area contributed by atoms with Crippen molar-refractivity contribution in [3.8, 4) is 5.75 Å². The topological polar surface area (TPSA) is 81.4 Å². The molecule has 0 saturated carbocycles. The number of ether oxygens (including phenoxy) is 1. The van der Waals surface area contributed by atoms with Crippen LogP contribution < -0.4 is 16.0 Å². The molecule has 2 aromatic rings. The molecular formula is C17H18N2O3. The van der Waals surface area contributed by atoms with Crippen LogP contribution in [-0.4, -0.2) is 11.9 Å². The lowest BCUT2D eigenvalue weighted by molar-refractivity contribution is 0.0732. The van der Waals surface area contributed by atoms with E-state index in [9.17, 15) is 9.59 Å². The highest BCUT2D eigenvalue weighted by molar-refractivity contribution is 5.95. The van der Waals surface area contributed by atoms with Gasteiger partial charge < -0.3 is 4.74 Å². The number of hydrazine groups is 1. The first-order chi connectivity index (χ1) is 10.4. The van der Waals surface area contributed by atoms with Crippen LogP contribution in [0.4, 0.5) is 0 Å². The summed E-state index contributed by atoms with van der Waals surface area (Å²) in [6.45, 7) is 5.46. The molecule has 114 valence electrons. The number of hydrogen-bond acceptors (Lipinski definition) is 4. The molecule has 0 bridgehead atoms. The highest BCUT2D eigenvalue weighted by Gasteiger charge is 2.15. The summed E-state index contributed by atoms with van der Waals surface area (Å²) in [7, 11) is 0. The summed E-state index contributed by atoms with van der Waals surface area (Å²) in [5.74, 6) is 4.78. The second-order valence-corrected chi connectivity index (χ2v) is 5.17. The summed E-state index contributed by atoms with van der Waals surface area (Å²) in [4.78, 5) is 23.8. The molecule has 22 heavy (non-hydrogen) atoms. The normalized spacial score (nSPS) is 10.2. The number of nitrogens with two attached hydrogens (primary N) is 1. The number of benzene rings is 2. The maximum atomic E-state index is 12.2. The average Bonchev–Trinajstić information content (AvgIpc) is 2.49. The van der Waals surface area contributed by atoms with Gasteiger partial charge in [0.25, 0.3) is 5.91 Å². The van der Waals surface area contributed by atoms with Gasteiger partial charge in [0.2, 0.25) is 0 Å². The Morgan fingerprint density at radius 2 is 1.64 bits per heavy atom. The summed E-state index contributed by atoms with van der Waals surface area (Å²) in [5.41, 5.74) is 5.37. The lowest BCUT2D eigenvalue weighted by Crippen LogP contribution is -2.30. The number of hydrogen-bond donors (Lipinski definition) is 2. The molecule has 0 unspecified atom stereocenters. The van der Waals surface area contributed by atoms with Gasteiger partial charge in [0.05, 0.1) is 5.56 Å². The van der Waals surface area contributed by atoms with Gasteiger partial charge in [0, 0.05) is 5.56 Å². The number of esters is 1. The maximum Gasteiger partial charge on any atom is 0.343 e. The van der Waals surface area contributed by atoms with Gasteiger partial charge in [-0.1, -0.05) is 17.7 Å². The molecule has 0 aliphatic rings. The van der Waals surface area contributed by atoms with Crippen molar-refractivity contribution >= 4 is 11.9 Å². The Balaban J connectivity index is 2.30. The summed E-state index contributed by atoms with van der Waals surface area (Å²) < 4.78 is 5.48. The van der Waals surface area contributed by atoms with Crippen molar-refractivity contribution in [3.05, 3.63) is 64.2 Å². The van der Waals surface area contributed by atoms with Crippen molar-refractivity contribution in [2.45, 2.75) is 20.8 Å². The first-order valence-corrected chi connectivity index (χ1v) is 6.83. The Morgan fingerprint density at radius 3 is 2.18 bits per heavy atom. The third-order valence-corrected chi connectivity index (χ3v) is 3.30. The second kappa shape index (κ2) is 6.41. The van der Waals surface area contributed by atoms with Gasteiger partial charge in [0.15, 0.2) is 0 Å². The molecule has 0 spiro atoms. The Hall–Kier alpha value is -2.66. The van der Waals surface area contributed by atoms with Crippen molar-refractivity contribution < 1.29 is 14.3 Å². The van der Waals surface area contributed by atoms with Crippen LogP contribution in [0.3, 0.4) is 0 Å². The number of carbonyl (C=O) groups is 2. The molecule has 2 rings (SSSR count). The number of rotatable bonds is 3. The molecule has 0 aromatic heterocycles. The third kappa shape index (κ3) is 3.32. The number of amides is 1. The fraction of sp³-hybridized carbons (Fsp3) is 0.176.